The van der Waals surface area contributed by atoms with Crippen molar-refractivity contribution in [2.24, 2.45) is 0 Å². The van der Waals surface area contributed by atoms with Crippen molar-refractivity contribution in [3.05, 3.63) is 86.9 Å². The molecule has 0 radical (unpaired) electrons. The van der Waals surface area contributed by atoms with Gasteiger partial charge in [0.25, 0.3) is 11.8 Å². The molecule has 1 aliphatic rings. The highest BCUT2D eigenvalue weighted by Crippen LogP contribution is 2.38. The minimum Gasteiger partial charge on any atom is -0.494 e. The van der Waals surface area contributed by atoms with E-state index in [1.54, 1.807) is 36.4 Å². The van der Waals surface area contributed by atoms with E-state index in [2.05, 4.69) is 28.2 Å². The third-order valence-electron chi connectivity index (χ3n) is 5.90. The van der Waals surface area contributed by atoms with Crippen LogP contribution in [-0.4, -0.2) is 31.1 Å². The summed E-state index contributed by atoms with van der Waals surface area (Å²) in [7, 11) is 0. The van der Waals surface area contributed by atoms with Gasteiger partial charge < -0.3 is 14.2 Å². The third kappa shape index (κ3) is 7.03. The topological polar surface area (TPSA) is 94.2 Å². The molecular formula is C30H28BrClN2O6. The number of carbonyl (C=O) groups is 3. The van der Waals surface area contributed by atoms with Crippen molar-refractivity contribution in [1.29, 1.82) is 0 Å². The number of hydrogen-bond donors (Lipinski definition) is 1. The van der Waals surface area contributed by atoms with E-state index < -0.39 is 17.8 Å². The van der Waals surface area contributed by atoms with Crippen molar-refractivity contribution in [1.82, 2.24) is 5.32 Å². The summed E-state index contributed by atoms with van der Waals surface area (Å²) in [4.78, 5) is 39.5. The standard InChI is InChI=1S/C30H28BrClN2O6/c1-3-5-14-39-23-12-10-22(11-13-23)34-29(36)24(28(35)33-30(34)37)15-20-16-25(32)27(26(17-20)38-4-2)40-18-19-6-8-21(31)9-7-19/h6-13,15-17H,3-5,14,18H2,1-2H3,(H,33,35,37)/b24-15-. The van der Waals surface area contributed by atoms with Crippen molar-refractivity contribution < 1.29 is 28.6 Å². The van der Waals surface area contributed by atoms with Crippen LogP contribution < -0.4 is 24.4 Å². The second kappa shape index (κ2) is 13.5. The minimum absolute atomic E-state index is 0.232. The number of halogens is 2. The summed E-state index contributed by atoms with van der Waals surface area (Å²) in [5.74, 6) is -0.261. The van der Waals surface area contributed by atoms with Crippen LogP contribution in [-0.2, 0) is 16.2 Å². The molecule has 208 valence electrons. The fourth-order valence-corrected chi connectivity index (χ4v) is 4.43. The molecule has 0 aliphatic carbocycles. The number of nitrogens with one attached hydrogen (secondary N) is 1. The maximum atomic E-state index is 13.3. The van der Waals surface area contributed by atoms with Gasteiger partial charge in [-0.1, -0.05) is 53.0 Å². The lowest BCUT2D eigenvalue weighted by Crippen LogP contribution is -2.54. The number of carbonyl (C=O) groups excluding carboxylic acids is 3. The Hall–Kier alpha value is -3.82. The fourth-order valence-electron chi connectivity index (χ4n) is 3.89. The highest BCUT2D eigenvalue weighted by Gasteiger charge is 2.37. The van der Waals surface area contributed by atoms with Crippen molar-refractivity contribution in [2.45, 2.75) is 33.3 Å². The number of rotatable bonds is 11. The summed E-state index contributed by atoms with van der Waals surface area (Å²) in [6, 6.07) is 16.6. The van der Waals surface area contributed by atoms with Gasteiger partial charge in [-0.05, 0) is 79.1 Å². The summed E-state index contributed by atoms with van der Waals surface area (Å²) >= 11 is 9.97. The number of ether oxygens (including phenoxy) is 3. The van der Waals surface area contributed by atoms with Gasteiger partial charge in [0.2, 0.25) is 0 Å². The van der Waals surface area contributed by atoms with Gasteiger partial charge in [-0.25, -0.2) is 9.69 Å². The lowest BCUT2D eigenvalue weighted by molar-refractivity contribution is -0.122. The predicted molar refractivity (Wildman–Crippen MR) is 157 cm³/mol. The zero-order chi connectivity index (χ0) is 28.6. The van der Waals surface area contributed by atoms with Crippen LogP contribution in [0.5, 0.6) is 17.2 Å². The van der Waals surface area contributed by atoms with E-state index in [4.69, 9.17) is 25.8 Å². The Labute approximate surface area is 246 Å². The normalized spacial score (nSPS) is 14.3. The molecule has 1 fully saturated rings. The number of amides is 4. The Morgan fingerprint density at radius 3 is 2.35 bits per heavy atom. The minimum atomic E-state index is -0.837. The maximum Gasteiger partial charge on any atom is 0.335 e. The number of urea groups is 1. The first kappa shape index (κ1) is 29.2. The highest BCUT2D eigenvalue weighted by molar-refractivity contribution is 9.10. The molecule has 10 heteroatoms. The van der Waals surface area contributed by atoms with E-state index >= 15 is 0 Å². The van der Waals surface area contributed by atoms with E-state index in [0.29, 0.717) is 41.7 Å². The first-order chi connectivity index (χ1) is 19.3. The summed E-state index contributed by atoms with van der Waals surface area (Å²) in [5.41, 5.74) is 1.43. The molecule has 1 N–H and O–H groups in total. The summed E-state index contributed by atoms with van der Waals surface area (Å²) in [6.07, 6.45) is 3.29. The van der Waals surface area contributed by atoms with E-state index in [0.717, 1.165) is 27.8 Å². The molecule has 0 aromatic heterocycles. The molecule has 3 aromatic rings. The molecule has 1 saturated heterocycles. The van der Waals surface area contributed by atoms with Gasteiger partial charge in [0.1, 0.15) is 17.9 Å². The monoisotopic (exact) mass is 626 g/mol. The fraction of sp³-hybridized carbons (Fsp3) is 0.233. The Balaban J connectivity index is 1.58. The van der Waals surface area contributed by atoms with E-state index in [1.807, 2.05) is 31.2 Å². The number of imide groups is 2. The van der Waals surface area contributed by atoms with Crippen LogP contribution >= 0.6 is 27.5 Å². The molecule has 0 atom stereocenters. The number of unbranched alkanes of at least 4 members (excludes halogenated alkanes) is 1. The van der Waals surface area contributed by atoms with Crippen LogP contribution in [0.2, 0.25) is 5.02 Å². The van der Waals surface area contributed by atoms with Gasteiger partial charge >= 0.3 is 6.03 Å². The third-order valence-corrected chi connectivity index (χ3v) is 6.71. The van der Waals surface area contributed by atoms with Crippen LogP contribution in [0.25, 0.3) is 6.08 Å². The van der Waals surface area contributed by atoms with Gasteiger partial charge in [-0.2, -0.15) is 0 Å². The van der Waals surface area contributed by atoms with Crippen molar-refractivity contribution in [3.63, 3.8) is 0 Å². The van der Waals surface area contributed by atoms with Crippen molar-refractivity contribution in [3.8, 4) is 17.2 Å². The maximum absolute atomic E-state index is 13.3. The molecule has 0 spiro atoms. The van der Waals surface area contributed by atoms with Gasteiger partial charge in [-0.3, -0.25) is 14.9 Å². The highest BCUT2D eigenvalue weighted by atomic mass is 79.9. The molecule has 4 rings (SSSR count). The van der Waals surface area contributed by atoms with E-state index in [1.165, 1.54) is 6.08 Å². The van der Waals surface area contributed by atoms with Gasteiger partial charge in [0.15, 0.2) is 11.5 Å². The molecule has 4 amide bonds. The van der Waals surface area contributed by atoms with Crippen molar-refractivity contribution >= 4 is 57.1 Å². The molecule has 8 nitrogen and oxygen atoms in total. The number of barbiturate groups is 1. The molecule has 1 aliphatic heterocycles. The average molecular weight is 628 g/mol. The Morgan fingerprint density at radius 1 is 0.950 bits per heavy atom. The molecule has 3 aromatic carbocycles. The molecule has 0 saturated carbocycles. The number of benzene rings is 3. The second-order valence-corrected chi connectivity index (χ2v) is 10.2. The Bertz CT molecular complexity index is 1420. The summed E-state index contributed by atoms with van der Waals surface area (Å²) in [5, 5.41) is 2.47. The quantitative estimate of drug-likeness (QED) is 0.141. The lowest BCUT2D eigenvalue weighted by Gasteiger charge is -2.26. The van der Waals surface area contributed by atoms with Crippen LogP contribution in [0, 0.1) is 0 Å². The number of hydrogen-bond acceptors (Lipinski definition) is 6. The predicted octanol–water partition coefficient (Wildman–Crippen LogP) is 6.93. The zero-order valence-electron chi connectivity index (χ0n) is 22.0. The number of nitrogens with zero attached hydrogens (tertiary/aromatic N) is 1. The van der Waals surface area contributed by atoms with E-state index in [9.17, 15) is 14.4 Å². The van der Waals surface area contributed by atoms with E-state index in [-0.39, 0.29) is 17.2 Å². The Kier molecular flexibility index (Phi) is 9.84. The second-order valence-electron chi connectivity index (χ2n) is 8.83. The lowest BCUT2D eigenvalue weighted by atomic mass is 10.1. The molecule has 0 bridgehead atoms. The van der Waals surface area contributed by atoms with Crippen molar-refractivity contribution in [2.75, 3.05) is 18.1 Å². The first-order valence-corrected chi connectivity index (χ1v) is 14.0. The molecule has 1 heterocycles. The smallest absolute Gasteiger partial charge is 0.335 e. The first-order valence-electron chi connectivity index (χ1n) is 12.8. The van der Waals surface area contributed by atoms with Crippen LogP contribution in [0.15, 0.2) is 70.7 Å². The molecule has 40 heavy (non-hydrogen) atoms. The van der Waals surface area contributed by atoms with Gasteiger partial charge in [-0.15, -0.1) is 0 Å². The average Bonchev–Trinajstić information content (AvgIpc) is 2.92. The largest absolute Gasteiger partial charge is 0.494 e. The summed E-state index contributed by atoms with van der Waals surface area (Å²) < 4.78 is 18.3. The Morgan fingerprint density at radius 2 is 1.68 bits per heavy atom. The molecule has 0 unspecified atom stereocenters. The van der Waals surface area contributed by atoms with Crippen LogP contribution in [0.1, 0.15) is 37.8 Å². The summed E-state index contributed by atoms with van der Waals surface area (Å²) in [6.45, 7) is 5.05. The number of anilines is 1. The van der Waals surface area contributed by atoms with Crippen LogP contribution in [0.3, 0.4) is 0 Å². The zero-order valence-corrected chi connectivity index (χ0v) is 24.4. The SMILES string of the molecule is CCCCOc1ccc(N2C(=O)NC(=O)/C(=C/c3cc(Cl)c(OCc4ccc(Br)cc4)c(OCC)c3)C2=O)cc1. The van der Waals surface area contributed by atoms with Gasteiger partial charge in [0.05, 0.1) is 23.9 Å². The van der Waals surface area contributed by atoms with Gasteiger partial charge in [0, 0.05) is 4.47 Å². The molecular weight excluding hydrogens is 600 g/mol. The van der Waals surface area contributed by atoms with Crippen LogP contribution in [0.4, 0.5) is 10.5 Å².